The molecule has 532 valence electrons. The highest BCUT2D eigenvalue weighted by atomic mass is 16.5. The minimum atomic E-state index is 0.0216. The minimum absolute atomic E-state index is 0.0216. The van der Waals surface area contributed by atoms with Gasteiger partial charge in [-0.25, -0.2) is 9.97 Å². The first-order chi connectivity index (χ1) is 52.1. The van der Waals surface area contributed by atoms with Crippen molar-refractivity contribution in [2.75, 3.05) is 138 Å². The third-order valence-electron chi connectivity index (χ3n) is 20.8. The Labute approximate surface area is 615 Å². The van der Waals surface area contributed by atoms with Gasteiger partial charge in [-0.2, -0.15) is 15.8 Å². The number of carbonyl (C=O) groups is 1. The van der Waals surface area contributed by atoms with Gasteiger partial charge in [0.05, 0.1) is 81.8 Å². The Balaban J connectivity index is 0.000000122. The summed E-state index contributed by atoms with van der Waals surface area (Å²) < 4.78 is 33.8. The van der Waals surface area contributed by atoms with Crippen molar-refractivity contribution in [2.24, 2.45) is 5.41 Å². The molecule has 20 heteroatoms. The van der Waals surface area contributed by atoms with E-state index in [1.807, 2.05) is 79.0 Å². The summed E-state index contributed by atoms with van der Waals surface area (Å²) in [5.41, 5.74) is 20.1. The highest BCUT2D eigenvalue weighted by molar-refractivity contribution is 6.02. The maximum absolute atomic E-state index is 12.2. The summed E-state index contributed by atoms with van der Waals surface area (Å²) in [7, 11) is 0. The van der Waals surface area contributed by atoms with Gasteiger partial charge >= 0.3 is 0 Å². The van der Waals surface area contributed by atoms with Crippen LogP contribution in [0.4, 0.5) is 22.9 Å². The van der Waals surface area contributed by atoms with Crippen molar-refractivity contribution in [1.82, 2.24) is 30.2 Å². The van der Waals surface area contributed by atoms with Gasteiger partial charge in [-0.15, -0.1) is 0 Å². The molecule has 0 saturated carbocycles. The van der Waals surface area contributed by atoms with Crippen LogP contribution in [-0.4, -0.2) is 155 Å². The number of anilines is 4. The van der Waals surface area contributed by atoms with Gasteiger partial charge in [0, 0.05) is 138 Å². The summed E-state index contributed by atoms with van der Waals surface area (Å²) in [5.74, 6) is 2.32. The molecule has 0 unspecified atom stereocenters. The molecular formula is C86H81N13O7. The van der Waals surface area contributed by atoms with E-state index < -0.39 is 0 Å². The number of carbonyl (C=O) groups excluding carboxylic acids is 1. The first-order valence-electron chi connectivity index (χ1n) is 36.5. The summed E-state index contributed by atoms with van der Waals surface area (Å²) in [6.45, 7) is 16.5. The van der Waals surface area contributed by atoms with Gasteiger partial charge in [0.25, 0.3) is 0 Å². The number of hydrogen-bond acceptors (Lipinski definition) is 16. The molecular weight excluding hydrogens is 1330 g/mol. The van der Waals surface area contributed by atoms with E-state index in [9.17, 15) is 20.6 Å². The molecule has 1 amide bonds. The van der Waals surface area contributed by atoms with Crippen LogP contribution in [0.2, 0.25) is 0 Å². The van der Waals surface area contributed by atoms with Crippen molar-refractivity contribution in [2.45, 2.75) is 32.3 Å². The third kappa shape index (κ3) is 14.7. The summed E-state index contributed by atoms with van der Waals surface area (Å²) in [6.07, 6.45) is 6.18. The van der Waals surface area contributed by atoms with Crippen molar-refractivity contribution in [3.8, 4) is 96.9 Å². The normalized spacial score (nSPS) is 17.0. The number of morpholine rings is 3. The number of H-pyrrole nitrogens is 3. The zero-order valence-corrected chi connectivity index (χ0v) is 59.2. The van der Waals surface area contributed by atoms with Gasteiger partial charge in [-0.05, 0) is 173 Å². The van der Waals surface area contributed by atoms with Gasteiger partial charge in [0.15, 0.2) is 0 Å². The van der Waals surface area contributed by atoms with Gasteiger partial charge in [-0.3, -0.25) is 4.79 Å². The predicted molar refractivity (Wildman–Crippen MR) is 414 cm³/mol. The van der Waals surface area contributed by atoms with Crippen LogP contribution in [-0.2, 0) is 23.7 Å². The quantitative estimate of drug-likeness (QED) is 0.0746. The highest BCUT2D eigenvalue weighted by Gasteiger charge is 2.35. The molecule has 6 aliphatic rings. The van der Waals surface area contributed by atoms with E-state index in [2.05, 4.69) is 168 Å². The number of nitriles is 3. The summed E-state index contributed by atoms with van der Waals surface area (Å²) in [5, 5.41) is 35.9. The Morgan fingerprint density at radius 3 is 1.58 bits per heavy atom. The average Bonchev–Trinajstić information content (AvgIpc) is 1.61. The molecule has 1 atom stereocenters. The average molecular weight is 1410 g/mol. The molecule has 5 aromatic heterocycles. The summed E-state index contributed by atoms with van der Waals surface area (Å²) in [6, 6.07) is 66.7. The van der Waals surface area contributed by atoms with Gasteiger partial charge in [0.2, 0.25) is 5.91 Å². The second kappa shape index (κ2) is 30.9. The maximum Gasteiger partial charge on any atom is 0.227 e. The maximum atomic E-state index is 12.2. The standard InChI is InChI=1S/C29H28N4O3.C29H26N4O2.C28H27N5O2/c1-29(17-35-18-29)19-36-27-7-5-20(13-22(27)15-30)23-3-2-4-25-24(23)14-26(32-25)21-6-8-28(31-16-21)33-9-11-34-12-10-33;30-19-22-17-21(8-11-28(22)33-12-2-5-29(33)34)24-3-1-4-26-25(24)18-27(31-26)20-6-9-23(10-7-20)32-13-15-35-16-14-32;29-17-21-15-20(3-6-27(21)35-23-7-9-30-18-23)24-8-10-31-28-25(24)16-26(32-28)19-1-4-22(5-2-19)33-11-13-34-14-12-33/h2-8,13-14,16,32H,9-12,17-19H2,1H3;1,3-4,6-11,17-18,31H,2,5,12-16H2;1-6,8,10,15-16,23,30H,7,9,11-14,18H2,(H,31,32)/t;;23-/m..1/s1. The van der Waals surface area contributed by atoms with Crippen molar-refractivity contribution in [3.63, 3.8) is 0 Å². The Morgan fingerprint density at radius 2 is 1.04 bits per heavy atom. The number of ether oxygens (including phenoxy) is 6. The topological polar surface area (TPSA) is 242 Å². The van der Waals surface area contributed by atoms with Crippen molar-refractivity contribution in [3.05, 3.63) is 205 Å². The summed E-state index contributed by atoms with van der Waals surface area (Å²) >= 11 is 0. The zero-order valence-electron chi connectivity index (χ0n) is 59.2. The number of aromatic nitrogens is 5. The zero-order chi connectivity index (χ0) is 71.9. The second-order valence-electron chi connectivity index (χ2n) is 28.0. The second-order valence-corrected chi connectivity index (χ2v) is 28.0. The van der Waals surface area contributed by atoms with Crippen LogP contribution < -0.4 is 34.4 Å². The molecule has 0 aliphatic carbocycles. The third-order valence-corrected chi connectivity index (χ3v) is 20.8. The lowest BCUT2D eigenvalue weighted by atomic mass is 9.90. The SMILES string of the molecule is CC1(COc2ccc(-c3cccc4[nH]c(-c5ccc(N6CCOCC6)nc5)cc34)cc2C#N)COC1.N#Cc1cc(-c2cccc3[nH]c(-c4ccc(N5CCOCC5)cc4)cc23)ccc1N1CCCC1=O.N#Cc1cc(-c2ccnc3[nH]c(-c4ccc(N5CCOCC5)cc4)cc23)ccc1O[C@@H]1CCNC1. The molecule has 7 aromatic carbocycles. The van der Waals surface area contributed by atoms with Gasteiger partial charge in [-0.1, -0.05) is 73.7 Å². The Bertz CT molecular complexity index is 5290. The Kier molecular flexibility index (Phi) is 20.0. The van der Waals surface area contributed by atoms with Crippen LogP contribution >= 0.6 is 0 Å². The van der Waals surface area contributed by atoms with Crippen LogP contribution in [0.5, 0.6) is 11.5 Å². The van der Waals surface area contributed by atoms with Crippen LogP contribution in [0, 0.1) is 39.4 Å². The van der Waals surface area contributed by atoms with Crippen molar-refractivity contribution in [1.29, 1.82) is 15.8 Å². The number of fused-ring (bicyclic) bond motifs is 3. The first-order valence-corrected chi connectivity index (χ1v) is 36.5. The van der Waals surface area contributed by atoms with Gasteiger partial charge in [0.1, 0.15) is 47.3 Å². The van der Waals surface area contributed by atoms with E-state index in [-0.39, 0.29) is 17.4 Å². The highest BCUT2D eigenvalue weighted by Crippen LogP contribution is 2.40. The molecule has 0 radical (unpaired) electrons. The number of pyridine rings is 2. The number of amides is 1. The fourth-order valence-electron chi connectivity index (χ4n) is 14.9. The van der Waals surface area contributed by atoms with E-state index in [4.69, 9.17) is 33.4 Å². The molecule has 6 fully saturated rings. The smallest absolute Gasteiger partial charge is 0.227 e. The number of aromatic amines is 3. The Morgan fingerprint density at radius 1 is 0.519 bits per heavy atom. The van der Waals surface area contributed by atoms with E-state index in [0.29, 0.717) is 66.7 Å². The fourth-order valence-corrected chi connectivity index (χ4v) is 14.9. The summed E-state index contributed by atoms with van der Waals surface area (Å²) in [4.78, 5) is 40.7. The fraction of sp³-hybridized carbons (Fsp3) is 0.279. The van der Waals surface area contributed by atoms with Crippen LogP contribution in [0.1, 0.15) is 42.9 Å². The molecule has 106 heavy (non-hydrogen) atoms. The molecule has 4 N–H and O–H groups in total. The largest absolute Gasteiger partial charge is 0.491 e. The van der Waals surface area contributed by atoms with Crippen molar-refractivity contribution < 1.29 is 33.2 Å². The predicted octanol–water partition coefficient (Wildman–Crippen LogP) is 14.7. The number of nitrogens with zero attached hydrogens (tertiary/aromatic N) is 9. The number of benzene rings is 7. The lowest BCUT2D eigenvalue weighted by molar-refractivity contribution is -0.120. The molecule has 11 heterocycles. The van der Waals surface area contributed by atoms with Crippen LogP contribution in [0.3, 0.4) is 0 Å². The molecule has 0 bridgehead atoms. The van der Waals surface area contributed by atoms with Crippen LogP contribution in [0.25, 0.3) is 100.0 Å². The molecule has 18 rings (SSSR count). The molecule has 6 aliphatic heterocycles. The number of rotatable bonds is 15. The minimum Gasteiger partial charge on any atom is -0.491 e. The van der Waals surface area contributed by atoms with E-state index in [1.54, 1.807) is 11.1 Å². The number of nitrogens with one attached hydrogen (secondary N) is 4. The van der Waals surface area contributed by atoms with Gasteiger partial charge < -0.3 is 68.3 Å². The molecule has 6 saturated heterocycles. The lowest BCUT2D eigenvalue weighted by Crippen LogP contribution is -2.44. The van der Waals surface area contributed by atoms with Crippen LogP contribution in [0.15, 0.2) is 188 Å². The first kappa shape index (κ1) is 68.6. The Hall–Kier alpha value is -11.8. The number of hydrogen-bond donors (Lipinski definition) is 4. The molecule has 12 aromatic rings. The van der Waals surface area contributed by atoms with E-state index in [1.165, 1.54) is 11.4 Å². The monoisotopic (exact) mass is 1410 g/mol. The molecule has 20 nitrogen and oxygen atoms in total. The lowest BCUT2D eigenvalue weighted by Gasteiger charge is -2.37. The van der Waals surface area contributed by atoms with E-state index in [0.717, 1.165) is 211 Å². The van der Waals surface area contributed by atoms with E-state index >= 15 is 0 Å². The van der Waals surface area contributed by atoms with Crippen molar-refractivity contribution >= 4 is 61.6 Å². The molecule has 0 spiro atoms.